The van der Waals surface area contributed by atoms with Gasteiger partial charge in [-0.15, -0.1) is 0 Å². The molecule has 5 heteroatoms. The van der Waals surface area contributed by atoms with Crippen molar-refractivity contribution >= 4 is 11.6 Å². The number of hydrogen-bond donors (Lipinski definition) is 2. The second-order valence-corrected chi connectivity index (χ2v) is 5.92. The average Bonchev–Trinajstić information content (AvgIpc) is 3.44. The van der Waals surface area contributed by atoms with E-state index in [-0.39, 0.29) is 0 Å². The third-order valence-corrected chi connectivity index (χ3v) is 3.93. The maximum Gasteiger partial charge on any atom is 0.193 e. The van der Waals surface area contributed by atoms with Gasteiger partial charge in [-0.3, -0.25) is 0 Å². The first kappa shape index (κ1) is 16.2. The maximum atomic E-state index is 5.97. The van der Waals surface area contributed by atoms with Crippen LogP contribution in [-0.4, -0.2) is 19.7 Å². The number of guanidine groups is 1. The third-order valence-electron chi connectivity index (χ3n) is 3.93. The molecule has 3 N–H and O–H groups in total. The molecule has 5 nitrogen and oxygen atoms in total. The first-order chi connectivity index (χ1) is 11.7. The molecule has 0 aliphatic heterocycles. The van der Waals surface area contributed by atoms with Gasteiger partial charge in [-0.1, -0.05) is 18.2 Å². The number of para-hydroxylation sites is 1. The van der Waals surface area contributed by atoms with E-state index in [1.807, 2.05) is 48.5 Å². The summed E-state index contributed by atoms with van der Waals surface area (Å²) in [5.41, 5.74) is 7.88. The molecule has 0 radical (unpaired) electrons. The number of ether oxygens (including phenoxy) is 2. The average molecular weight is 325 g/mol. The summed E-state index contributed by atoms with van der Waals surface area (Å²) < 4.78 is 11.0. The molecule has 2 aromatic rings. The molecular formula is C19H23N3O2. The van der Waals surface area contributed by atoms with Gasteiger partial charge in [0.1, 0.15) is 11.5 Å². The molecule has 1 saturated carbocycles. The number of benzene rings is 2. The van der Waals surface area contributed by atoms with E-state index in [2.05, 4.69) is 10.3 Å². The number of rotatable bonds is 7. The number of methoxy groups -OCH3 is 1. The Kier molecular flexibility index (Phi) is 5.21. The Morgan fingerprint density at radius 1 is 1.17 bits per heavy atom. The van der Waals surface area contributed by atoms with Gasteiger partial charge in [0.2, 0.25) is 0 Å². The number of aliphatic imine (C=N–C) groups is 1. The lowest BCUT2D eigenvalue weighted by atomic mass is 10.2. The highest BCUT2D eigenvalue weighted by Gasteiger charge is 2.22. The summed E-state index contributed by atoms with van der Waals surface area (Å²) in [5, 5.41) is 3.07. The van der Waals surface area contributed by atoms with Crippen molar-refractivity contribution in [1.29, 1.82) is 0 Å². The van der Waals surface area contributed by atoms with Crippen LogP contribution in [-0.2, 0) is 6.54 Å². The zero-order valence-corrected chi connectivity index (χ0v) is 13.9. The van der Waals surface area contributed by atoms with Gasteiger partial charge in [0.25, 0.3) is 0 Å². The van der Waals surface area contributed by atoms with E-state index >= 15 is 0 Å². The summed E-state index contributed by atoms with van der Waals surface area (Å²) in [7, 11) is 1.64. The Bertz CT molecular complexity index is 694. The Balaban J connectivity index is 1.59. The Hall–Kier alpha value is -2.69. The molecule has 0 unspecified atom stereocenters. The molecule has 1 fully saturated rings. The molecule has 0 aromatic heterocycles. The molecule has 0 spiro atoms. The predicted octanol–water partition coefficient (Wildman–Crippen LogP) is 3.41. The highest BCUT2D eigenvalue weighted by Crippen LogP contribution is 2.30. The van der Waals surface area contributed by atoms with Crippen LogP contribution < -0.4 is 20.5 Å². The Morgan fingerprint density at radius 2 is 1.92 bits per heavy atom. The van der Waals surface area contributed by atoms with Crippen LogP contribution in [0.25, 0.3) is 0 Å². The molecule has 0 amide bonds. The van der Waals surface area contributed by atoms with Gasteiger partial charge in [-0.25, -0.2) is 4.99 Å². The lowest BCUT2D eigenvalue weighted by Crippen LogP contribution is -2.22. The van der Waals surface area contributed by atoms with Crippen LogP contribution >= 0.6 is 0 Å². The van der Waals surface area contributed by atoms with E-state index < -0.39 is 0 Å². The molecule has 2 aromatic carbocycles. The van der Waals surface area contributed by atoms with Crippen molar-refractivity contribution in [3.63, 3.8) is 0 Å². The minimum atomic E-state index is 0.372. The minimum absolute atomic E-state index is 0.372. The minimum Gasteiger partial charge on any atom is -0.497 e. The molecule has 3 rings (SSSR count). The molecule has 0 bridgehead atoms. The van der Waals surface area contributed by atoms with Gasteiger partial charge in [-0.2, -0.15) is 0 Å². The third kappa shape index (κ3) is 4.65. The van der Waals surface area contributed by atoms with Crippen LogP contribution in [0.4, 0.5) is 5.69 Å². The standard InChI is InChI=1S/C19H23N3O2/c1-23-17-10-8-16(9-11-17)22-19(20)21-12-15-4-2-3-5-18(15)24-13-14-6-7-14/h2-5,8-11,14H,6-7,12-13H2,1H3,(H3,20,21,22). The molecule has 0 atom stereocenters. The van der Waals surface area contributed by atoms with E-state index in [0.717, 1.165) is 35.3 Å². The van der Waals surface area contributed by atoms with Gasteiger partial charge in [0.05, 0.1) is 20.3 Å². The summed E-state index contributed by atoms with van der Waals surface area (Å²) in [6, 6.07) is 15.5. The number of nitrogens with two attached hydrogens (primary N) is 1. The summed E-state index contributed by atoms with van der Waals surface area (Å²) in [6.07, 6.45) is 2.55. The van der Waals surface area contributed by atoms with Gasteiger partial charge in [0.15, 0.2) is 5.96 Å². The number of nitrogens with one attached hydrogen (secondary N) is 1. The summed E-state index contributed by atoms with van der Waals surface area (Å²) in [4.78, 5) is 4.41. The zero-order chi connectivity index (χ0) is 16.8. The summed E-state index contributed by atoms with van der Waals surface area (Å²) in [6.45, 7) is 1.27. The summed E-state index contributed by atoms with van der Waals surface area (Å²) in [5.74, 6) is 2.80. The molecule has 0 heterocycles. The molecular weight excluding hydrogens is 302 g/mol. The van der Waals surface area contributed by atoms with Crippen molar-refractivity contribution in [2.45, 2.75) is 19.4 Å². The molecule has 1 aliphatic rings. The smallest absolute Gasteiger partial charge is 0.193 e. The van der Waals surface area contributed by atoms with E-state index in [0.29, 0.717) is 12.5 Å². The fourth-order valence-electron chi connectivity index (χ4n) is 2.30. The van der Waals surface area contributed by atoms with Crippen LogP contribution in [0.2, 0.25) is 0 Å². The fourth-order valence-corrected chi connectivity index (χ4v) is 2.30. The van der Waals surface area contributed by atoms with Crippen LogP contribution in [0.15, 0.2) is 53.5 Å². The van der Waals surface area contributed by atoms with Gasteiger partial charge < -0.3 is 20.5 Å². The van der Waals surface area contributed by atoms with E-state index in [1.165, 1.54) is 12.8 Å². The molecule has 24 heavy (non-hydrogen) atoms. The molecule has 126 valence electrons. The van der Waals surface area contributed by atoms with Crippen molar-refractivity contribution in [1.82, 2.24) is 0 Å². The second kappa shape index (κ2) is 7.73. The zero-order valence-electron chi connectivity index (χ0n) is 13.9. The van der Waals surface area contributed by atoms with Crippen molar-refractivity contribution in [3.8, 4) is 11.5 Å². The number of anilines is 1. The predicted molar refractivity (Wildman–Crippen MR) is 96.6 cm³/mol. The van der Waals surface area contributed by atoms with Crippen molar-refractivity contribution in [2.24, 2.45) is 16.6 Å². The SMILES string of the molecule is COc1ccc(NC(N)=NCc2ccccc2OCC2CC2)cc1. The highest BCUT2D eigenvalue weighted by molar-refractivity contribution is 5.92. The Labute approximate surface area is 142 Å². The van der Waals surface area contributed by atoms with Crippen molar-refractivity contribution in [3.05, 3.63) is 54.1 Å². The Morgan fingerprint density at radius 3 is 2.62 bits per heavy atom. The lowest BCUT2D eigenvalue weighted by molar-refractivity contribution is 0.297. The highest BCUT2D eigenvalue weighted by atomic mass is 16.5. The van der Waals surface area contributed by atoms with Crippen LogP contribution in [0, 0.1) is 5.92 Å². The van der Waals surface area contributed by atoms with E-state index in [4.69, 9.17) is 15.2 Å². The largest absolute Gasteiger partial charge is 0.497 e. The quantitative estimate of drug-likeness (QED) is 0.604. The van der Waals surface area contributed by atoms with Crippen LogP contribution in [0.1, 0.15) is 18.4 Å². The lowest BCUT2D eigenvalue weighted by Gasteiger charge is -2.10. The van der Waals surface area contributed by atoms with Gasteiger partial charge in [0, 0.05) is 11.3 Å². The van der Waals surface area contributed by atoms with Crippen LogP contribution in [0.3, 0.4) is 0 Å². The number of hydrogen-bond acceptors (Lipinski definition) is 3. The number of nitrogens with zero attached hydrogens (tertiary/aromatic N) is 1. The van der Waals surface area contributed by atoms with Gasteiger partial charge in [-0.05, 0) is 49.1 Å². The topological polar surface area (TPSA) is 68.9 Å². The molecule has 1 aliphatic carbocycles. The van der Waals surface area contributed by atoms with Crippen LogP contribution in [0.5, 0.6) is 11.5 Å². The van der Waals surface area contributed by atoms with Crippen molar-refractivity contribution in [2.75, 3.05) is 19.0 Å². The second-order valence-electron chi connectivity index (χ2n) is 5.92. The first-order valence-electron chi connectivity index (χ1n) is 8.16. The van der Waals surface area contributed by atoms with E-state index in [1.54, 1.807) is 7.11 Å². The fraction of sp³-hybridized carbons (Fsp3) is 0.316. The monoisotopic (exact) mass is 325 g/mol. The van der Waals surface area contributed by atoms with Gasteiger partial charge >= 0.3 is 0 Å². The molecule has 0 saturated heterocycles. The van der Waals surface area contributed by atoms with Crippen molar-refractivity contribution < 1.29 is 9.47 Å². The summed E-state index contributed by atoms with van der Waals surface area (Å²) >= 11 is 0. The van der Waals surface area contributed by atoms with E-state index in [9.17, 15) is 0 Å². The normalized spacial score (nSPS) is 14.3. The first-order valence-corrected chi connectivity index (χ1v) is 8.16. The maximum absolute atomic E-state index is 5.97.